The number of halogens is 1. The molecule has 1 saturated carbocycles. The van der Waals surface area contributed by atoms with Crippen LogP contribution in [0.25, 0.3) is 0 Å². The molecule has 0 spiro atoms. The molecule has 0 amide bonds. The second-order valence-corrected chi connectivity index (χ2v) is 6.02. The quantitative estimate of drug-likeness (QED) is 0.843. The predicted molar refractivity (Wildman–Crippen MR) is 67.4 cm³/mol. The summed E-state index contributed by atoms with van der Waals surface area (Å²) < 4.78 is 46.3. The molecule has 1 aliphatic carbocycles. The number of methoxy groups -OCH3 is 1. The van der Waals surface area contributed by atoms with E-state index in [-0.39, 0.29) is 11.7 Å². The van der Waals surface area contributed by atoms with Gasteiger partial charge in [-0.3, -0.25) is 0 Å². The molecular weight excluding hydrogens is 289 g/mol. The number of nitrogens with two attached hydrogens (primary N) is 1. The molecule has 1 aromatic rings. The van der Waals surface area contributed by atoms with E-state index < -0.39 is 32.5 Å². The lowest BCUT2D eigenvalue weighted by Gasteiger charge is -2.25. The lowest BCUT2D eigenvalue weighted by Crippen LogP contribution is -2.25. The van der Waals surface area contributed by atoms with Gasteiger partial charge >= 0.3 is 5.97 Å². The fraction of sp³-hybridized carbons (Fsp3) is 0.417. The van der Waals surface area contributed by atoms with Gasteiger partial charge in [0.05, 0.1) is 12.7 Å². The number of rotatable bonds is 4. The Morgan fingerprint density at radius 2 is 2.05 bits per heavy atom. The van der Waals surface area contributed by atoms with E-state index in [0.29, 0.717) is 0 Å². The van der Waals surface area contributed by atoms with Gasteiger partial charge in [-0.15, -0.1) is 0 Å². The van der Waals surface area contributed by atoms with Gasteiger partial charge in [-0.05, 0) is 31.4 Å². The molecule has 0 aliphatic heterocycles. The maximum Gasteiger partial charge on any atom is 0.338 e. The molecule has 1 aliphatic rings. The number of carbonyl (C=O) groups excluding carboxylic acids is 1. The number of hydrogen-bond donors (Lipinski definition) is 1. The monoisotopic (exact) mass is 303 g/mol. The first-order valence-electron chi connectivity index (χ1n) is 5.94. The lowest BCUT2D eigenvalue weighted by molar-refractivity contribution is 0.00892. The largest absolute Gasteiger partial charge is 0.492 e. The molecule has 2 rings (SSSR count). The van der Waals surface area contributed by atoms with Gasteiger partial charge in [0.25, 0.3) is 0 Å². The molecule has 0 unspecified atom stereocenters. The van der Waals surface area contributed by atoms with Crippen LogP contribution >= 0.6 is 0 Å². The van der Waals surface area contributed by atoms with Crippen molar-refractivity contribution in [2.24, 2.45) is 5.14 Å². The second kappa shape index (κ2) is 5.37. The van der Waals surface area contributed by atoms with Crippen LogP contribution in [0.5, 0.6) is 5.75 Å². The minimum atomic E-state index is -4.22. The fourth-order valence-electron chi connectivity index (χ4n) is 1.80. The third kappa shape index (κ3) is 2.91. The molecule has 20 heavy (non-hydrogen) atoms. The third-order valence-corrected chi connectivity index (χ3v) is 4.00. The molecule has 0 heterocycles. The van der Waals surface area contributed by atoms with Crippen LogP contribution in [-0.4, -0.2) is 27.6 Å². The SMILES string of the molecule is COc1c(F)cc(C(=O)OC2CCC2)cc1S(N)(=O)=O. The van der Waals surface area contributed by atoms with Crippen molar-refractivity contribution in [3.8, 4) is 5.75 Å². The second-order valence-electron chi connectivity index (χ2n) is 4.49. The minimum Gasteiger partial charge on any atom is -0.492 e. The van der Waals surface area contributed by atoms with Gasteiger partial charge in [-0.2, -0.15) is 0 Å². The molecule has 0 radical (unpaired) electrons. The van der Waals surface area contributed by atoms with E-state index in [0.717, 1.165) is 38.5 Å². The van der Waals surface area contributed by atoms with E-state index in [1.165, 1.54) is 0 Å². The highest BCUT2D eigenvalue weighted by Gasteiger charge is 2.26. The highest BCUT2D eigenvalue weighted by molar-refractivity contribution is 7.89. The van der Waals surface area contributed by atoms with Crippen LogP contribution in [0.15, 0.2) is 17.0 Å². The number of ether oxygens (including phenoxy) is 2. The Morgan fingerprint density at radius 1 is 1.40 bits per heavy atom. The van der Waals surface area contributed by atoms with E-state index in [9.17, 15) is 17.6 Å². The maximum absolute atomic E-state index is 13.8. The average molecular weight is 303 g/mol. The number of hydrogen-bond acceptors (Lipinski definition) is 5. The number of primary sulfonamides is 1. The first-order chi connectivity index (χ1) is 9.32. The molecule has 1 aromatic carbocycles. The van der Waals surface area contributed by atoms with Crippen LogP contribution in [0.2, 0.25) is 0 Å². The standard InChI is InChI=1S/C12H14FNO5S/c1-18-11-9(13)5-7(6-10(11)20(14,16)17)12(15)19-8-3-2-4-8/h5-6,8H,2-4H2,1H3,(H2,14,16,17). The van der Waals surface area contributed by atoms with Crippen molar-refractivity contribution in [1.29, 1.82) is 0 Å². The molecule has 110 valence electrons. The van der Waals surface area contributed by atoms with Crippen molar-refractivity contribution in [1.82, 2.24) is 0 Å². The Bertz CT molecular complexity index is 639. The van der Waals surface area contributed by atoms with Crippen LogP contribution in [0.1, 0.15) is 29.6 Å². The molecule has 1 fully saturated rings. The topological polar surface area (TPSA) is 95.7 Å². The van der Waals surface area contributed by atoms with Crippen molar-refractivity contribution in [3.63, 3.8) is 0 Å². The van der Waals surface area contributed by atoms with Gasteiger partial charge in [-0.25, -0.2) is 22.7 Å². The van der Waals surface area contributed by atoms with Crippen LogP contribution < -0.4 is 9.88 Å². The van der Waals surface area contributed by atoms with Crippen molar-refractivity contribution < 1.29 is 27.1 Å². The molecule has 0 bridgehead atoms. The van der Waals surface area contributed by atoms with Crippen LogP contribution in [-0.2, 0) is 14.8 Å². The van der Waals surface area contributed by atoms with E-state index in [1.807, 2.05) is 0 Å². The van der Waals surface area contributed by atoms with Crippen LogP contribution in [0, 0.1) is 5.82 Å². The summed E-state index contributed by atoms with van der Waals surface area (Å²) in [6.45, 7) is 0. The summed E-state index contributed by atoms with van der Waals surface area (Å²) in [4.78, 5) is 11.2. The molecular formula is C12H14FNO5S. The zero-order valence-corrected chi connectivity index (χ0v) is 11.6. The minimum absolute atomic E-state index is 0.189. The Kier molecular flexibility index (Phi) is 3.96. The van der Waals surface area contributed by atoms with E-state index in [1.54, 1.807) is 0 Å². The summed E-state index contributed by atoms with van der Waals surface area (Å²) in [5, 5.41) is 4.98. The summed E-state index contributed by atoms with van der Waals surface area (Å²) in [6, 6.07) is 1.83. The highest BCUT2D eigenvalue weighted by atomic mass is 32.2. The molecule has 2 N–H and O–H groups in total. The number of carbonyl (C=O) groups is 1. The summed E-state index contributed by atoms with van der Waals surface area (Å²) in [5.74, 6) is -2.28. The van der Waals surface area contributed by atoms with Gasteiger partial charge in [0, 0.05) is 0 Å². The molecule has 0 saturated heterocycles. The summed E-state index contributed by atoms with van der Waals surface area (Å²) >= 11 is 0. The lowest BCUT2D eigenvalue weighted by atomic mass is 9.96. The van der Waals surface area contributed by atoms with Crippen molar-refractivity contribution >= 4 is 16.0 Å². The van der Waals surface area contributed by atoms with Gasteiger partial charge in [0.15, 0.2) is 11.6 Å². The fourth-order valence-corrected chi connectivity index (χ4v) is 2.53. The highest BCUT2D eigenvalue weighted by Crippen LogP contribution is 2.29. The molecule has 0 aromatic heterocycles. The first kappa shape index (κ1) is 14.7. The zero-order chi connectivity index (χ0) is 14.9. The van der Waals surface area contributed by atoms with Crippen LogP contribution in [0.4, 0.5) is 4.39 Å². The number of benzene rings is 1. The summed E-state index contributed by atoms with van der Waals surface area (Å²) in [7, 11) is -3.11. The first-order valence-corrected chi connectivity index (χ1v) is 7.49. The molecule has 8 heteroatoms. The molecule has 0 atom stereocenters. The van der Waals surface area contributed by atoms with Crippen LogP contribution in [0.3, 0.4) is 0 Å². The van der Waals surface area contributed by atoms with Crippen molar-refractivity contribution in [3.05, 3.63) is 23.5 Å². The van der Waals surface area contributed by atoms with Crippen molar-refractivity contribution in [2.45, 2.75) is 30.3 Å². The van der Waals surface area contributed by atoms with Gasteiger partial charge in [0.1, 0.15) is 11.0 Å². The Balaban J connectivity index is 2.39. The van der Waals surface area contributed by atoms with E-state index in [2.05, 4.69) is 4.74 Å². The number of esters is 1. The zero-order valence-electron chi connectivity index (χ0n) is 10.8. The smallest absolute Gasteiger partial charge is 0.338 e. The normalized spacial score (nSPS) is 15.6. The van der Waals surface area contributed by atoms with E-state index >= 15 is 0 Å². The average Bonchev–Trinajstić information content (AvgIpc) is 2.31. The Hall–Kier alpha value is -1.67. The Labute approximate surface area is 115 Å². The summed E-state index contributed by atoms with van der Waals surface area (Å²) in [5.41, 5.74) is -0.209. The van der Waals surface area contributed by atoms with Gasteiger partial charge in [0.2, 0.25) is 10.0 Å². The van der Waals surface area contributed by atoms with Gasteiger partial charge in [-0.1, -0.05) is 0 Å². The molecule has 6 nitrogen and oxygen atoms in total. The van der Waals surface area contributed by atoms with Gasteiger partial charge < -0.3 is 9.47 Å². The van der Waals surface area contributed by atoms with Crippen molar-refractivity contribution in [2.75, 3.05) is 7.11 Å². The summed E-state index contributed by atoms with van der Waals surface area (Å²) in [6.07, 6.45) is 2.29. The number of sulfonamides is 1. The Morgan fingerprint density at radius 3 is 2.50 bits per heavy atom. The maximum atomic E-state index is 13.8. The van der Waals surface area contributed by atoms with E-state index in [4.69, 9.17) is 9.88 Å². The predicted octanol–water partition coefficient (Wildman–Crippen LogP) is 1.19. The third-order valence-electron chi connectivity index (χ3n) is 3.08.